The highest BCUT2D eigenvalue weighted by Crippen LogP contribution is 2.44. The minimum atomic E-state index is -0.788. The van der Waals surface area contributed by atoms with Crippen LogP contribution >= 0.6 is 27.5 Å². The van der Waals surface area contributed by atoms with E-state index in [2.05, 4.69) is 46.9 Å². The van der Waals surface area contributed by atoms with Crippen molar-refractivity contribution in [3.05, 3.63) is 62.6 Å². The Bertz CT molecular complexity index is 1190. The number of fused-ring (bicyclic) bond motifs is 1. The Morgan fingerprint density at radius 3 is 2.59 bits per heavy atom. The third-order valence-corrected chi connectivity index (χ3v) is 7.04. The van der Waals surface area contributed by atoms with E-state index >= 15 is 0 Å². The van der Waals surface area contributed by atoms with Gasteiger partial charge in [0.15, 0.2) is 0 Å². The Balaban J connectivity index is 1.78. The predicted octanol–water partition coefficient (Wildman–Crippen LogP) is 5.49. The van der Waals surface area contributed by atoms with Crippen LogP contribution in [0.1, 0.15) is 44.2 Å². The van der Waals surface area contributed by atoms with Crippen LogP contribution in [-0.2, 0) is 9.59 Å². The maximum absolute atomic E-state index is 13.2. The molecule has 0 bridgehead atoms. The number of amides is 4. The summed E-state index contributed by atoms with van der Waals surface area (Å²) in [5.41, 5.74) is 2.89. The van der Waals surface area contributed by atoms with Crippen molar-refractivity contribution >= 4 is 62.8 Å². The average molecular weight is 517 g/mol. The highest BCUT2D eigenvalue weighted by molar-refractivity contribution is 9.10. The van der Waals surface area contributed by atoms with Gasteiger partial charge in [0.05, 0.1) is 5.69 Å². The van der Waals surface area contributed by atoms with E-state index in [0.717, 1.165) is 22.6 Å². The van der Waals surface area contributed by atoms with Crippen molar-refractivity contribution in [2.24, 2.45) is 0 Å². The van der Waals surface area contributed by atoms with E-state index in [0.29, 0.717) is 20.7 Å². The molecular formula is C24H23BrClN3O3. The van der Waals surface area contributed by atoms with Gasteiger partial charge in [0.1, 0.15) is 5.57 Å². The third-order valence-electron chi connectivity index (χ3n) is 6.22. The van der Waals surface area contributed by atoms with Crippen molar-refractivity contribution in [3.8, 4) is 0 Å². The first kappa shape index (κ1) is 22.6. The molecule has 2 aliphatic heterocycles. The van der Waals surface area contributed by atoms with Gasteiger partial charge in [0.2, 0.25) is 0 Å². The first-order valence-corrected chi connectivity index (χ1v) is 11.4. The number of barbiturate groups is 1. The van der Waals surface area contributed by atoms with Crippen LogP contribution in [0.4, 0.5) is 16.2 Å². The number of anilines is 2. The molecule has 1 atom stereocenters. The molecule has 1 fully saturated rings. The molecule has 8 heteroatoms. The molecule has 6 nitrogen and oxygen atoms in total. The molecule has 1 unspecified atom stereocenters. The number of urea groups is 1. The lowest BCUT2D eigenvalue weighted by atomic mass is 9.80. The second-order valence-electron chi connectivity index (χ2n) is 8.85. The topological polar surface area (TPSA) is 69.7 Å². The summed E-state index contributed by atoms with van der Waals surface area (Å²) in [6, 6.07) is 9.77. The molecular weight excluding hydrogens is 494 g/mol. The SMILES string of the molecule is CC1CC(C)(C)N(C)c2cc(Cl)c(/C=C3/C(=O)NC(=O)N(c4cccc(Br)c4)C3=O)cc21. The van der Waals surface area contributed by atoms with Crippen molar-refractivity contribution in [2.75, 3.05) is 16.8 Å². The monoisotopic (exact) mass is 515 g/mol. The number of carbonyl (C=O) groups is 3. The molecule has 166 valence electrons. The van der Waals surface area contributed by atoms with Gasteiger partial charge in [0, 0.05) is 27.8 Å². The van der Waals surface area contributed by atoms with Crippen LogP contribution in [0.25, 0.3) is 6.08 Å². The Hall–Kier alpha value is -2.64. The number of benzene rings is 2. The number of halogens is 2. The maximum atomic E-state index is 13.2. The summed E-state index contributed by atoms with van der Waals surface area (Å²) in [7, 11) is 2.04. The highest BCUT2D eigenvalue weighted by Gasteiger charge is 2.38. The van der Waals surface area contributed by atoms with E-state index in [9.17, 15) is 14.4 Å². The molecule has 2 heterocycles. The third kappa shape index (κ3) is 3.84. The Labute approximate surface area is 200 Å². The number of rotatable bonds is 2. The lowest BCUT2D eigenvalue weighted by Crippen LogP contribution is -2.54. The zero-order valence-corrected chi connectivity index (χ0v) is 20.5. The van der Waals surface area contributed by atoms with Crippen molar-refractivity contribution in [1.29, 1.82) is 0 Å². The van der Waals surface area contributed by atoms with Gasteiger partial charge in [-0.2, -0.15) is 0 Å². The molecule has 1 N–H and O–H groups in total. The summed E-state index contributed by atoms with van der Waals surface area (Å²) >= 11 is 9.92. The number of hydrogen-bond donors (Lipinski definition) is 1. The minimum absolute atomic E-state index is 0.0141. The van der Waals surface area contributed by atoms with E-state index < -0.39 is 17.8 Å². The van der Waals surface area contributed by atoms with Crippen LogP contribution in [-0.4, -0.2) is 30.4 Å². The predicted molar refractivity (Wildman–Crippen MR) is 130 cm³/mol. The first-order valence-electron chi connectivity index (χ1n) is 10.2. The zero-order chi connectivity index (χ0) is 23.4. The first-order chi connectivity index (χ1) is 15.0. The Morgan fingerprint density at radius 2 is 1.91 bits per heavy atom. The largest absolute Gasteiger partial charge is 0.369 e. The number of carbonyl (C=O) groups excluding carboxylic acids is 3. The van der Waals surface area contributed by atoms with E-state index in [1.165, 1.54) is 6.08 Å². The van der Waals surface area contributed by atoms with Gasteiger partial charge in [-0.25, -0.2) is 9.69 Å². The molecule has 2 aliphatic rings. The zero-order valence-electron chi connectivity index (χ0n) is 18.2. The van der Waals surface area contributed by atoms with E-state index in [1.54, 1.807) is 24.3 Å². The summed E-state index contributed by atoms with van der Waals surface area (Å²) in [5, 5.41) is 2.68. The van der Waals surface area contributed by atoms with Gasteiger partial charge in [-0.1, -0.05) is 40.5 Å². The fourth-order valence-electron chi connectivity index (χ4n) is 4.38. The van der Waals surface area contributed by atoms with Crippen molar-refractivity contribution in [1.82, 2.24) is 5.32 Å². The fraction of sp³-hybridized carbons (Fsp3) is 0.292. The van der Waals surface area contributed by atoms with Crippen LogP contribution in [0.3, 0.4) is 0 Å². The van der Waals surface area contributed by atoms with Crippen LogP contribution < -0.4 is 15.1 Å². The van der Waals surface area contributed by atoms with Gasteiger partial charge in [0.25, 0.3) is 11.8 Å². The molecule has 2 aromatic rings. The summed E-state index contributed by atoms with van der Waals surface area (Å²) in [5.74, 6) is -1.16. The standard InChI is InChI=1S/C24H23BrClN3O3/c1-13-12-24(2,3)28(4)20-11-19(26)14(8-17(13)20)9-18-21(30)27-23(32)29(22(18)31)16-7-5-6-15(25)10-16/h5-11,13H,12H2,1-4H3,(H,27,30,32)/b18-9-. The van der Waals surface area contributed by atoms with Gasteiger partial charge in [-0.05, 0) is 73.7 Å². The summed E-state index contributed by atoms with van der Waals surface area (Å²) in [4.78, 5) is 41.3. The summed E-state index contributed by atoms with van der Waals surface area (Å²) in [6.07, 6.45) is 2.42. The summed E-state index contributed by atoms with van der Waals surface area (Å²) < 4.78 is 0.705. The second kappa shape index (κ2) is 8.05. The number of nitrogens with zero attached hydrogens (tertiary/aromatic N) is 2. The Morgan fingerprint density at radius 1 is 1.19 bits per heavy atom. The van der Waals surface area contributed by atoms with Crippen molar-refractivity contribution < 1.29 is 14.4 Å². The van der Waals surface area contributed by atoms with Crippen molar-refractivity contribution in [3.63, 3.8) is 0 Å². The van der Waals surface area contributed by atoms with E-state index in [4.69, 9.17) is 11.6 Å². The molecule has 0 spiro atoms. The molecule has 0 radical (unpaired) electrons. The number of imide groups is 2. The van der Waals surface area contributed by atoms with Crippen LogP contribution in [0.2, 0.25) is 5.02 Å². The van der Waals surface area contributed by atoms with Gasteiger partial charge < -0.3 is 4.90 Å². The molecule has 2 aromatic carbocycles. The summed E-state index contributed by atoms with van der Waals surface area (Å²) in [6.45, 7) is 6.54. The second-order valence-corrected chi connectivity index (χ2v) is 10.2. The normalized spacial score (nSPS) is 21.6. The minimum Gasteiger partial charge on any atom is -0.369 e. The number of hydrogen-bond acceptors (Lipinski definition) is 4. The molecule has 0 saturated carbocycles. The molecule has 4 rings (SSSR count). The van der Waals surface area contributed by atoms with E-state index in [1.807, 2.05) is 19.2 Å². The number of nitrogens with one attached hydrogen (secondary N) is 1. The molecule has 32 heavy (non-hydrogen) atoms. The van der Waals surface area contributed by atoms with Crippen molar-refractivity contribution in [2.45, 2.75) is 38.6 Å². The van der Waals surface area contributed by atoms with Gasteiger partial charge in [-0.15, -0.1) is 0 Å². The molecule has 0 aromatic heterocycles. The fourth-order valence-corrected chi connectivity index (χ4v) is 4.98. The highest BCUT2D eigenvalue weighted by atomic mass is 79.9. The van der Waals surface area contributed by atoms with Crippen LogP contribution in [0, 0.1) is 0 Å². The van der Waals surface area contributed by atoms with Crippen LogP contribution in [0.5, 0.6) is 0 Å². The average Bonchev–Trinajstić information content (AvgIpc) is 2.69. The lowest BCUT2D eigenvalue weighted by molar-refractivity contribution is -0.122. The Kier molecular flexibility index (Phi) is 5.67. The van der Waals surface area contributed by atoms with E-state index in [-0.39, 0.29) is 17.0 Å². The molecule has 1 saturated heterocycles. The molecule has 4 amide bonds. The van der Waals surface area contributed by atoms with Gasteiger partial charge >= 0.3 is 6.03 Å². The maximum Gasteiger partial charge on any atom is 0.335 e. The quantitative estimate of drug-likeness (QED) is 0.423. The smallest absolute Gasteiger partial charge is 0.335 e. The van der Waals surface area contributed by atoms with Gasteiger partial charge in [-0.3, -0.25) is 14.9 Å². The lowest BCUT2D eigenvalue weighted by Gasteiger charge is -2.45. The molecule has 0 aliphatic carbocycles. The van der Waals surface area contributed by atoms with Crippen LogP contribution in [0.15, 0.2) is 46.4 Å².